The molecule has 1 aromatic carbocycles. The molecule has 1 fully saturated rings. The second-order valence-electron chi connectivity index (χ2n) is 4.83. The Kier molecular flexibility index (Phi) is 4.24. The van der Waals surface area contributed by atoms with Crippen LogP contribution in [0.2, 0.25) is 0 Å². The van der Waals surface area contributed by atoms with Gasteiger partial charge in [0.05, 0.1) is 5.56 Å². The molecule has 1 aliphatic rings. The van der Waals surface area contributed by atoms with Gasteiger partial charge in [-0.2, -0.15) is 0 Å². The van der Waals surface area contributed by atoms with Crippen molar-refractivity contribution in [3.8, 4) is 12.3 Å². The molecule has 0 spiro atoms. The summed E-state index contributed by atoms with van der Waals surface area (Å²) in [4.78, 5) is 14.4. The van der Waals surface area contributed by atoms with Gasteiger partial charge in [0.15, 0.2) is 5.60 Å². The van der Waals surface area contributed by atoms with Crippen LogP contribution in [0.3, 0.4) is 0 Å². The number of benzene rings is 1. The predicted molar refractivity (Wildman–Crippen MR) is 74.8 cm³/mol. The van der Waals surface area contributed by atoms with Gasteiger partial charge in [-0.15, -0.1) is 6.42 Å². The van der Waals surface area contributed by atoms with E-state index in [4.69, 9.17) is 11.2 Å². The molecule has 0 unspecified atom stereocenters. The lowest BCUT2D eigenvalue weighted by Gasteiger charge is -2.37. The number of rotatable bonds is 3. The third kappa shape index (κ3) is 3.15. The molecular formula is C16H19NO2. The second-order valence-corrected chi connectivity index (χ2v) is 4.83. The number of nitrogens with zero attached hydrogens (tertiary/aromatic N) is 1. The summed E-state index contributed by atoms with van der Waals surface area (Å²) in [6, 6.07) is 8.99. The van der Waals surface area contributed by atoms with Crippen molar-refractivity contribution >= 4 is 5.97 Å². The van der Waals surface area contributed by atoms with Crippen LogP contribution in [0.1, 0.15) is 30.1 Å². The topological polar surface area (TPSA) is 29.5 Å². The summed E-state index contributed by atoms with van der Waals surface area (Å²) in [7, 11) is 0. The molecule has 3 nitrogen and oxygen atoms in total. The van der Waals surface area contributed by atoms with Crippen LogP contribution in [0.25, 0.3) is 0 Å². The Morgan fingerprint density at radius 2 is 2.00 bits per heavy atom. The molecule has 0 N–H and O–H groups in total. The molecule has 0 atom stereocenters. The largest absolute Gasteiger partial charge is 0.442 e. The van der Waals surface area contributed by atoms with Crippen LogP contribution in [0.15, 0.2) is 30.3 Å². The van der Waals surface area contributed by atoms with Gasteiger partial charge in [0.2, 0.25) is 0 Å². The van der Waals surface area contributed by atoms with Crippen molar-refractivity contribution in [2.75, 3.05) is 19.6 Å². The number of likely N-dealkylation sites (tertiary alicyclic amines) is 1. The molecule has 1 saturated heterocycles. The van der Waals surface area contributed by atoms with Crippen molar-refractivity contribution in [3.63, 3.8) is 0 Å². The lowest BCUT2D eigenvalue weighted by Crippen LogP contribution is -2.46. The zero-order chi connectivity index (χ0) is 13.7. The number of carbonyl (C=O) groups is 1. The van der Waals surface area contributed by atoms with E-state index in [9.17, 15) is 4.79 Å². The molecule has 2 rings (SSSR count). The highest BCUT2D eigenvalue weighted by molar-refractivity contribution is 5.89. The quantitative estimate of drug-likeness (QED) is 0.615. The lowest BCUT2D eigenvalue weighted by atomic mass is 9.92. The third-order valence-electron chi connectivity index (χ3n) is 3.67. The first kappa shape index (κ1) is 13.6. The molecular weight excluding hydrogens is 238 g/mol. The van der Waals surface area contributed by atoms with Crippen molar-refractivity contribution in [1.82, 2.24) is 4.90 Å². The van der Waals surface area contributed by atoms with Crippen molar-refractivity contribution < 1.29 is 9.53 Å². The maximum Gasteiger partial charge on any atom is 0.339 e. The Morgan fingerprint density at radius 1 is 1.37 bits per heavy atom. The molecule has 1 heterocycles. The fourth-order valence-electron chi connectivity index (χ4n) is 2.32. The van der Waals surface area contributed by atoms with E-state index >= 15 is 0 Å². The van der Waals surface area contributed by atoms with E-state index in [-0.39, 0.29) is 5.97 Å². The highest BCUT2D eigenvalue weighted by Gasteiger charge is 2.36. The maximum atomic E-state index is 12.1. The first-order valence-electron chi connectivity index (χ1n) is 6.67. The van der Waals surface area contributed by atoms with Gasteiger partial charge in [-0.1, -0.05) is 31.0 Å². The summed E-state index contributed by atoms with van der Waals surface area (Å²) < 4.78 is 5.61. The van der Waals surface area contributed by atoms with Gasteiger partial charge < -0.3 is 9.64 Å². The van der Waals surface area contributed by atoms with Gasteiger partial charge in [-0.25, -0.2) is 4.79 Å². The highest BCUT2D eigenvalue weighted by atomic mass is 16.6. The average molecular weight is 257 g/mol. The summed E-state index contributed by atoms with van der Waals surface area (Å²) in [6.07, 6.45) is 7.01. The fourth-order valence-corrected chi connectivity index (χ4v) is 2.32. The van der Waals surface area contributed by atoms with Gasteiger partial charge in [-0.3, -0.25) is 0 Å². The lowest BCUT2D eigenvalue weighted by molar-refractivity contribution is -0.0186. The molecule has 100 valence electrons. The smallest absolute Gasteiger partial charge is 0.339 e. The van der Waals surface area contributed by atoms with Crippen LogP contribution in [-0.4, -0.2) is 36.1 Å². The zero-order valence-corrected chi connectivity index (χ0v) is 11.3. The van der Waals surface area contributed by atoms with Crippen molar-refractivity contribution in [2.24, 2.45) is 0 Å². The first-order chi connectivity index (χ1) is 9.19. The Bertz CT molecular complexity index is 467. The Hall–Kier alpha value is -1.79. The van der Waals surface area contributed by atoms with Crippen LogP contribution in [-0.2, 0) is 4.74 Å². The van der Waals surface area contributed by atoms with Crippen molar-refractivity contribution in [3.05, 3.63) is 35.9 Å². The van der Waals surface area contributed by atoms with Crippen LogP contribution in [0.4, 0.5) is 0 Å². The van der Waals surface area contributed by atoms with E-state index in [1.54, 1.807) is 12.1 Å². The number of terminal acetylenes is 1. The van der Waals surface area contributed by atoms with Gasteiger partial charge in [-0.05, 0) is 18.7 Å². The van der Waals surface area contributed by atoms with Crippen LogP contribution >= 0.6 is 0 Å². The maximum absolute atomic E-state index is 12.1. The number of esters is 1. The Morgan fingerprint density at radius 3 is 2.53 bits per heavy atom. The number of ether oxygens (including phenoxy) is 1. The Balaban J connectivity index is 2.04. The minimum Gasteiger partial charge on any atom is -0.442 e. The van der Waals surface area contributed by atoms with Crippen LogP contribution < -0.4 is 0 Å². The Labute approximate surface area is 114 Å². The molecule has 0 aliphatic carbocycles. The molecule has 19 heavy (non-hydrogen) atoms. The monoisotopic (exact) mass is 257 g/mol. The van der Waals surface area contributed by atoms with E-state index < -0.39 is 5.60 Å². The second kappa shape index (κ2) is 5.90. The third-order valence-corrected chi connectivity index (χ3v) is 3.67. The molecule has 0 bridgehead atoms. The summed E-state index contributed by atoms with van der Waals surface area (Å²) >= 11 is 0. The predicted octanol–water partition coefficient (Wildman–Crippen LogP) is 2.33. The first-order valence-corrected chi connectivity index (χ1v) is 6.67. The summed E-state index contributed by atoms with van der Waals surface area (Å²) in [5, 5.41) is 0. The van der Waals surface area contributed by atoms with E-state index in [1.165, 1.54) is 0 Å². The van der Waals surface area contributed by atoms with E-state index in [0.29, 0.717) is 18.4 Å². The molecule has 0 amide bonds. The zero-order valence-electron chi connectivity index (χ0n) is 11.3. The van der Waals surface area contributed by atoms with Crippen LogP contribution in [0.5, 0.6) is 0 Å². The standard InChI is InChI=1S/C16H19NO2/c1-3-16(10-12-17(4-2)13-11-16)19-15(18)14-8-6-5-7-9-14/h1,5-9H,4,10-13H2,2H3. The minimum absolute atomic E-state index is 0.330. The molecule has 1 aromatic rings. The van der Waals surface area contributed by atoms with Gasteiger partial charge in [0.25, 0.3) is 0 Å². The van der Waals surface area contributed by atoms with Crippen molar-refractivity contribution in [2.45, 2.75) is 25.4 Å². The number of hydrogen-bond acceptors (Lipinski definition) is 3. The number of piperidine rings is 1. The number of hydrogen-bond donors (Lipinski definition) is 0. The van der Waals surface area contributed by atoms with E-state index in [2.05, 4.69) is 17.7 Å². The molecule has 3 heteroatoms. The summed E-state index contributed by atoms with van der Waals surface area (Å²) in [5.74, 6) is 2.36. The van der Waals surface area contributed by atoms with Crippen molar-refractivity contribution in [1.29, 1.82) is 0 Å². The molecule has 0 radical (unpaired) electrons. The summed E-state index contributed by atoms with van der Waals surface area (Å²) in [6.45, 7) is 4.89. The van der Waals surface area contributed by atoms with Gasteiger partial charge in [0, 0.05) is 25.9 Å². The van der Waals surface area contributed by atoms with Gasteiger partial charge in [0.1, 0.15) is 0 Å². The van der Waals surface area contributed by atoms with E-state index in [0.717, 1.165) is 19.6 Å². The van der Waals surface area contributed by atoms with Gasteiger partial charge >= 0.3 is 5.97 Å². The summed E-state index contributed by atoms with van der Waals surface area (Å²) in [5.41, 5.74) is -0.187. The molecule has 1 aliphatic heterocycles. The van der Waals surface area contributed by atoms with E-state index in [1.807, 2.05) is 18.2 Å². The molecule has 0 aromatic heterocycles. The molecule has 0 saturated carbocycles. The normalized spacial score (nSPS) is 18.5. The highest BCUT2D eigenvalue weighted by Crippen LogP contribution is 2.26. The fraction of sp³-hybridized carbons (Fsp3) is 0.438. The average Bonchev–Trinajstić information content (AvgIpc) is 2.49. The SMILES string of the molecule is C#CC1(OC(=O)c2ccccc2)CCN(CC)CC1. The van der Waals surface area contributed by atoms with Crippen LogP contribution in [0, 0.1) is 12.3 Å². The minimum atomic E-state index is -0.738. The number of carbonyl (C=O) groups excluding carboxylic acids is 1.